The molecule has 5 nitrogen and oxygen atoms in total. The van der Waals surface area contributed by atoms with Crippen LogP contribution in [0.15, 0.2) is 23.4 Å². The van der Waals surface area contributed by atoms with Crippen molar-refractivity contribution in [3.63, 3.8) is 0 Å². The molecule has 0 saturated carbocycles. The molecule has 1 fully saturated rings. The Kier molecular flexibility index (Phi) is 4.73. The largest absolute Gasteiger partial charge is 0.409 e. The average Bonchev–Trinajstić information content (AvgIpc) is 2.46. The van der Waals surface area contributed by atoms with E-state index in [9.17, 15) is 0 Å². The molecule has 0 amide bonds. The Bertz CT molecular complexity index is 496. The van der Waals surface area contributed by atoms with E-state index >= 15 is 0 Å². The molecule has 3 N–H and O–H groups in total. The van der Waals surface area contributed by atoms with Crippen LogP contribution in [0, 0.1) is 0 Å². The SMILES string of the molecule is CN(C)C1CCN(c2ccc(C(N)=NO)cc2Cl)CC1. The molecule has 1 heterocycles. The Balaban J connectivity index is 2.11. The molecule has 0 spiro atoms. The van der Waals surface area contributed by atoms with Gasteiger partial charge in [-0.25, -0.2) is 0 Å². The van der Waals surface area contributed by atoms with Gasteiger partial charge in [-0.1, -0.05) is 16.8 Å². The lowest BCUT2D eigenvalue weighted by atomic mass is 10.0. The first-order chi connectivity index (χ1) is 9.52. The number of hydrogen-bond donors (Lipinski definition) is 2. The Morgan fingerprint density at radius 3 is 2.55 bits per heavy atom. The highest BCUT2D eigenvalue weighted by Gasteiger charge is 2.22. The smallest absolute Gasteiger partial charge is 0.170 e. The second kappa shape index (κ2) is 6.33. The lowest BCUT2D eigenvalue weighted by molar-refractivity contribution is 0.249. The van der Waals surface area contributed by atoms with Crippen LogP contribution in [-0.4, -0.2) is 49.2 Å². The van der Waals surface area contributed by atoms with Gasteiger partial charge in [0.1, 0.15) is 0 Å². The molecule has 0 bridgehead atoms. The first-order valence-electron chi connectivity index (χ1n) is 6.71. The summed E-state index contributed by atoms with van der Waals surface area (Å²) in [7, 11) is 4.25. The van der Waals surface area contributed by atoms with E-state index in [-0.39, 0.29) is 5.84 Å². The lowest BCUT2D eigenvalue weighted by Gasteiger charge is -2.36. The van der Waals surface area contributed by atoms with Gasteiger partial charge in [0.2, 0.25) is 0 Å². The topological polar surface area (TPSA) is 65.1 Å². The minimum atomic E-state index is 0.0739. The standard InChI is InChI=1S/C14H21ClN4O/c1-18(2)11-5-7-19(8-6-11)13-4-3-10(9-12(13)15)14(16)17-20/h3-4,9,11,20H,5-8H2,1-2H3,(H2,16,17). The summed E-state index contributed by atoms with van der Waals surface area (Å²) < 4.78 is 0. The molecular weight excluding hydrogens is 276 g/mol. The number of hydrogen-bond acceptors (Lipinski definition) is 4. The van der Waals surface area contributed by atoms with E-state index in [0.717, 1.165) is 31.6 Å². The summed E-state index contributed by atoms with van der Waals surface area (Å²) in [6.07, 6.45) is 2.26. The van der Waals surface area contributed by atoms with Gasteiger partial charge in [0.25, 0.3) is 0 Å². The summed E-state index contributed by atoms with van der Waals surface area (Å²) in [6, 6.07) is 6.14. The van der Waals surface area contributed by atoms with Gasteiger partial charge in [-0.05, 0) is 45.1 Å². The number of halogens is 1. The number of benzene rings is 1. The van der Waals surface area contributed by atoms with Gasteiger partial charge in [-0.3, -0.25) is 0 Å². The summed E-state index contributed by atoms with van der Waals surface area (Å²) in [4.78, 5) is 4.57. The van der Waals surface area contributed by atoms with E-state index < -0.39 is 0 Å². The van der Waals surface area contributed by atoms with E-state index in [0.29, 0.717) is 16.6 Å². The van der Waals surface area contributed by atoms with E-state index in [2.05, 4.69) is 29.1 Å². The zero-order valence-corrected chi connectivity index (χ0v) is 12.6. The van der Waals surface area contributed by atoms with Crippen LogP contribution in [0.1, 0.15) is 18.4 Å². The van der Waals surface area contributed by atoms with Crippen molar-refractivity contribution in [1.82, 2.24) is 4.90 Å². The summed E-state index contributed by atoms with van der Waals surface area (Å²) >= 11 is 6.32. The quantitative estimate of drug-likeness (QED) is 0.387. The van der Waals surface area contributed by atoms with Crippen molar-refractivity contribution < 1.29 is 5.21 Å². The lowest BCUT2D eigenvalue weighted by Crippen LogP contribution is -2.42. The van der Waals surface area contributed by atoms with Crippen LogP contribution in [0.5, 0.6) is 0 Å². The van der Waals surface area contributed by atoms with Gasteiger partial charge in [-0.15, -0.1) is 0 Å². The van der Waals surface area contributed by atoms with Gasteiger partial charge < -0.3 is 20.7 Å². The van der Waals surface area contributed by atoms with Crippen molar-refractivity contribution in [3.8, 4) is 0 Å². The minimum Gasteiger partial charge on any atom is -0.409 e. The molecule has 20 heavy (non-hydrogen) atoms. The Morgan fingerprint density at radius 2 is 2.05 bits per heavy atom. The molecule has 0 unspecified atom stereocenters. The number of nitrogens with zero attached hydrogens (tertiary/aromatic N) is 3. The molecule has 0 radical (unpaired) electrons. The minimum absolute atomic E-state index is 0.0739. The molecule has 0 atom stereocenters. The average molecular weight is 297 g/mol. The first-order valence-corrected chi connectivity index (χ1v) is 7.09. The third-order valence-electron chi connectivity index (χ3n) is 3.89. The number of amidine groups is 1. The molecule has 2 rings (SSSR count). The van der Waals surface area contributed by atoms with E-state index in [4.69, 9.17) is 22.5 Å². The molecule has 110 valence electrons. The molecule has 1 aromatic carbocycles. The number of rotatable bonds is 3. The van der Waals surface area contributed by atoms with E-state index in [1.165, 1.54) is 0 Å². The summed E-state index contributed by atoms with van der Waals surface area (Å²) in [5.41, 5.74) is 7.21. The highest BCUT2D eigenvalue weighted by Crippen LogP contribution is 2.29. The zero-order chi connectivity index (χ0) is 14.7. The Labute approximate surface area is 124 Å². The molecule has 0 aromatic heterocycles. The third-order valence-corrected chi connectivity index (χ3v) is 4.19. The fourth-order valence-corrected chi connectivity index (χ4v) is 2.90. The van der Waals surface area contributed by atoms with Crippen LogP contribution < -0.4 is 10.6 Å². The fraction of sp³-hybridized carbons (Fsp3) is 0.500. The second-order valence-corrected chi connectivity index (χ2v) is 5.74. The van der Waals surface area contributed by atoms with Gasteiger partial charge >= 0.3 is 0 Å². The predicted octanol–water partition coefficient (Wildman–Crippen LogP) is 1.96. The van der Waals surface area contributed by atoms with Crippen LogP contribution in [0.3, 0.4) is 0 Å². The van der Waals surface area contributed by atoms with E-state index in [1.54, 1.807) is 6.07 Å². The summed E-state index contributed by atoms with van der Waals surface area (Å²) in [5.74, 6) is 0.0739. The molecule has 1 saturated heterocycles. The molecule has 6 heteroatoms. The summed E-state index contributed by atoms with van der Waals surface area (Å²) in [6.45, 7) is 1.98. The maximum Gasteiger partial charge on any atom is 0.170 e. The van der Waals surface area contributed by atoms with Gasteiger partial charge in [0.15, 0.2) is 5.84 Å². The third kappa shape index (κ3) is 3.16. The first kappa shape index (κ1) is 14.9. The molecule has 0 aliphatic carbocycles. The molecule has 1 aliphatic heterocycles. The molecular formula is C14H21ClN4O. The highest BCUT2D eigenvalue weighted by molar-refractivity contribution is 6.33. The van der Waals surface area contributed by atoms with Crippen molar-refractivity contribution >= 4 is 23.1 Å². The van der Waals surface area contributed by atoms with Crippen LogP contribution in [0.25, 0.3) is 0 Å². The van der Waals surface area contributed by atoms with E-state index in [1.807, 2.05) is 12.1 Å². The Morgan fingerprint density at radius 1 is 1.40 bits per heavy atom. The highest BCUT2D eigenvalue weighted by atomic mass is 35.5. The predicted molar refractivity (Wildman–Crippen MR) is 82.9 cm³/mol. The van der Waals surface area contributed by atoms with Crippen LogP contribution >= 0.6 is 11.6 Å². The van der Waals surface area contributed by atoms with Crippen molar-refractivity contribution in [3.05, 3.63) is 28.8 Å². The van der Waals surface area contributed by atoms with Crippen LogP contribution in [0.2, 0.25) is 5.02 Å². The van der Waals surface area contributed by atoms with Crippen molar-refractivity contribution in [2.75, 3.05) is 32.1 Å². The van der Waals surface area contributed by atoms with Crippen molar-refractivity contribution in [1.29, 1.82) is 0 Å². The van der Waals surface area contributed by atoms with Crippen LogP contribution in [-0.2, 0) is 0 Å². The van der Waals surface area contributed by atoms with Gasteiger partial charge in [0.05, 0.1) is 10.7 Å². The van der Waals surface area contributed by atoms with Crippen molar-refractivity contribution in [2.24, 2.45) is 10.9 Å². The zero-order valence-electron chi connectivity index (χ0n) is 11.9. The maximum atomic E-state index is 8.68. The molecule has 1 aliphatic rings. The van der Waals surface area contributed by atoms with Gasteiger partial charge in [0, 0.05) is 24.7 Å². The number of anilines is 1. The normalized spacial score (nSPS) is 17.8. The monoisotopic (exact) mass is 296 g/mol. The molecule has 1 aromatic rings. The Hall–Kier alpha value is -1.46. The number of piperidine rings is 1. The van der Waals surface area contributed by atoms with Crippen molar-refractivity contribution in [2.45, 2.75) is 18.9 Å². The second-order valence-electron chi connectivity index (χ2n) is 5.33. The fourth-order valence-electron chi connectivity index (χ4n) is 2.60. The van der Waals surface area contributed by atoms with Gasteiger partial charge in [-0.2, -0.15) is 0 Å². The number of oxime groups is 1. The van der Waals surface area contributed by atoms with Crippen LogP contribution in [0.4, 0.5) is 5.69 Å². The number of nitrogens with two attached hydrogens (primary N) is 1. The summed E-state index contributed by atoms with van der Waals surface area (Å²) in [5, 5.41) is 12.3. The maximum absolute atomic E-state index is 8.68.